The molecule has 1 rings (SSSR count). The summed E-state index contributed by atoms with van der Waals surface area (Å²) >= 11 is 5.62. The van der Waals surface area contributed by atoms with E-state index in [-0.39, 0.29) is 29.7 Å². The lowest BCUT2D eigenvalue weighted by molar-refractivity contribution is 0.0697. The number of carboxylic acid groups (broad SMARTS) is 1. The summed E-state index contributed by atoms with van der Waals surface area (Å²) in [6.07, 6.45) is 0. The first kappa shape index (κ1) is 12.7. The monoisotopic (exact) mass is 246 g/mol. The summed E-state index contributed by atoms with van der Waals surface area (Å²) in [6, 6.07) is 1.88. The van der Waals surface area contributed by atoms with E-state index < -0.39 is 12.0 Å². The van der Waals surface area contributed by atoms with Crippen molar-refractivity contribution in [2.45, 2.75) is 6.04 Å². The third-order valence-electron chi connectivity index (χ3n) is 1.83. The molecule has 0 saturated carbocycles. The maximum Gasteiger partial charge on any atom is 0.335 e. The van der Waals surface area contributed by atoms with Crippen molar-refractivity contribution in [2.24, 2.45) is 0 Å². The number of pyridine rings is 1. The van der Waals surface area contributed by atoms with Crippen LogP contribution in [0.1, 0.15) is 10.4 Å². The van der Waals surface area contributed by atoms with Gasteiger partial charge in [0.25, 0.3) is 0 Å². The highest BCUT2D eigenvalue weighted by atomic mass is 35.5. The normalized spacial score (nSPS) is 10.5. The van der Waals surface area contributed by atoms with Crippen LogP contribution >= 0.6 is 11.6 Å². The lowest BCUT2D eigenvalue weighted by Gasteiger charge is -2.14. The molecule has 0 fully saturated rings. The number of aliphatic hydroxyl groups excluding tert-OH is 2. The Hall–Kier alpha value is -1.37. The molecule has 1 aromatic heterocycles. The first-order valence-corrected chi connectivity index (χ1v) is 4.83. The number of nitrogens with zero attached hydrogens (tertiary/aromatic N) is 1. The van der Waals surface area contributed by atoms with Gasteiger partial charge in [-0.1, -0.05) is 11.6 Å². The highest BCUT2D eigenvalue weighted by Gasteiger charge is 2.10. The molecule has 0 aliphatic carbocycles. The molecule has 88 valence electrons. The van der Waals surface area contributed by atoms with Crippen LogP contribution in [-0.2, 0) is 0 Å². The van der Waals surface area contributed by atoms with Crippen LogP contribution in [0.15, 0.2) is 12.1 Å². The number of rotatable bonds is 5. The Morgan fingerprint density at radius 2 is 2.06 bits per heavy atom. The largest absolute Gasteiger partial charge is 0.478 e. The molecule has 0 bridgehead atoms. The zero-order valence-corrected chi connectivity index (χ0v) is 8.98. The van der Waals surface area contributed by atoms with Gasteiger partial charge in [-0.25, -0.2) is 9.78 Å². The highest BCUT2D eigenvalue weighted by molar-refractivity contribution is 6.29. The Morgan fingerprint density at radius 1 is 1.44 bits per heavy atom. The van der Waals surface area contributed by atoms with Gasteiger partial charge in [-0.2, -0.15) is 0 Å². The number of anilines is 1. The summed E-state index contributed by atoms with van der Waals surface area (Å²) in [5.41, 5.74) is -0.0165. The number of aromatic carboxylic acids is 1. The molecule has 0 atom stereocenters. The van der Waals surface area contributed by atoms with Gasteiger partial charge >= 0.3 is 5.97 Å². The molecule has 0 aromatic carbocycles. The van der Waals surface area contributed by atoms with Gasteiger partial charge in [-0.15, -0.1) is 0 Å². The smallest absolute Gasteiger partial charge is 0.335 e. The number of hydrogen-bond acceptors (Lipinski definition) is 5. The van der Waals surface area contributed by atoms with Crippen molar-refractivity contribution in [1.82, 2.24) is 4.98 Å². The minimum absolute atomic E-state index is 0.0165. The van der Waals surface area contributed by atoms with Crippen molar-refractivity contribution in [3.63, 3.8) is 0 Å². The Labute approximate surface area is 96.5 Å². The number of aliphatic hydroxyl groups is 2. The number of carboxylic acids is 1. The summed E-state index contributed by atoms with van der Waals surface area (Å²) in [4.78, 5) is 14.5. The fraction of sp³-hybridized carbons (Fsp3) is 0.333. The Balaban J connectivity index is 2.91. The topological polar surface area (TPSA) is 103 Å². The average molecular weight is 247 g/mol. The quantitative estimate of drug-likeness (QED) is 0.554. The molecule has 0 radical (unpaired) electrons. The van der Waals surface area contributed by atoms with E-state index in [0.717, 1.165) is 0 Å². The predicted molar refractivity (Wildman–Crippen MR) is 57.8 cm³/mol. The van der Waals surface area contributed by atoms with Crippen molar-refractivity contribution in [2.75, 3.05) is 18.5 Å². The Morgan fingerprint density at radius 3 is 2.56 bits per heavy atom. The first-order valence-electron chi connectivity index (χ1n) is 4.46. The second-order valence-corrected chi connectivity index (χ2v) is 3.46. The van der Waals surface area contributed by atoms with Crippen LogP contribution in [0.5, 0.6) is 0 Å². The van der Waals surface area contributed by atoms with Gasteiger partial charge in [-0.3, -0.25) is 0 Å². The summed E-state index contributed by atoms with van der Waals surface area (Å²) in [5.74, 6) is -0.935. The number of carbonyl (C=O) groups is 1. The van der Waals surface area contributed by atoms with Crippen molar-refractivity contribution < 1.29 is 20.1 Å². The molecule has 0 amide bonds. The second kappa shape index (κ2) is 5.64. The second-order valence-electron chi connectivity index (χ2n) is 3.08. The molecule has 16 heavy (non-hydrogen) atoms. The van der Waals surface area contributed by atoms with E-state index in [2.05, 4.69) is 10.3 Å². The fourth-order valence-electron chi connectivity index (χ4n) is 1.05. The fourth-order valence-corrected chi connectivity index (χ4v) is 1.26. The van der Waals surface area contributed by atoms with Crippen LogP contribution in [0, 0.1) is 0 Å². The molecule has 0 spiro atoms. The van der Waals surface area contributed by atoms with E-state index in [0.29, 0.717) is 0 Å². The zero-order valence-electron chi connectivity index (χ0n) is 8.22. The molecular formula is C9H11ClN2O4. The number of aromatic nitrogens is 1. The van der Waals surface area contributed by atoms with Gasteiger partial charge in [0.2, 0.25) is 0 Å². The molecule has 0 aliphatic heterocycles. The Bertz CT molecular complexity index is 382. The molecule has 1 heterocycles. The lowest BCUT2D eigenvalue weighted by Crippen LogP contribution is -2.28. The van der Waals surface area contributed by atoms with Gasteiger partial charge in [0.15, 0.2) is 0 Å². The highest BCUT2D eigenvalue weighted by Crippen LogP contribution is 2.15. The minimum Gasteiger partial charge on any atom is -0.478 e. The molecule has 0 saturated heterocycles. The average Bonchev–Trinajstić information content (AvgIpc) is 2.25. The molecule has 7 heteroatoms. The lowest BCUT2D eigenvalue weighted by atomic mass is 10.2. The maximum atomic E-state index is 10.7. The SMILES string of the molecule is O=C(O)c1cc(Cl)nc(NC(CO)CO)c1. The third-order valence-corrected chi connectivity index (χ3v) is 2.03. The predicted octanol–water partition coefficient (Wildman–Crippen LogP) is 0.198. The third kappa shape index (κ3) is 3.34. The van der Waals surface area contributed by atoms with Gasteiger partial charge in [0.1, 0.15) is 11.0 Å². The van der Waals surface area contributed by atoms with Crippen LogP contribution < -0.4 is 5.32 Å². The summed E-state index contributed by atoms with van der Waals surface area (Å²) in [6.45, 7) is -0.597. The Kier molecular flexibility index (Phi) is 4.48. The van der Waals surface area contributed by atoms with Gasteiger partial charge < -0.3 is 20.6 Å². The van der Waals surface area contributed by atoms with Gasteiger partial charge in [0.05, 0.1) is 24.8 Å². The standard InChI is InChI=1S/C9H11ClN2O4/c10-7-1-5(9(15)16)2-8(12-7)11-6(3-13)4-14/h1-2,6,13-14H,3-4H2,(H,11,12)(H,15,16). The summed E-state index contributed by atoms with van der Waals surface area (Å²) in [7, 11) is 0. The van der Waals surface area contributed by atoms with Crippen molar-refractivity contribution >= 4 is 23.4 Å². The van der Waals surface area contributed by atoms with Crippen LogP contribution in [-0.4, -0.2) is 45.5 Å². The van der Waals surface area contributed by atoms with E-state index in [9.17, 15) is 4.79 Å². The van der Waals surface area contributed by atoms with E-state index >= 15 is 0 Å². The molecule has 1 aromatic rings. The van der Waals surface area contributed by atoms with E-state index in [4.69, 9.17) is 26.9 Å². The maximum absolute atomic E-state index is 10.7. The van der Waals surface area contributed by atoms with Gasteiger partial charge in [-0.05, 0) is 12.1 Å². The molecule has 6 nitrogen and oxygen atoms in total. The number of nitrogens with one attached hydrogen (secondary N) is 1. The number of hydrogen-bond donors (Lipinski definition) is 4. The van der Waals surface area contributed by atoms with Gasteiger partial charge in [0, 0.05) is 0 Å². The zero-order chi connectivity index (χ0) is 12.1. The van der Waals surface area contributed by atoms with Crippen molar-refractivity contribution in [3.05, 3.63) is 22.8 Å². The van der Waals surface area contributed by atoms with Crippen molar-refractivity contribution in [1.29, 1.82) is 0 Å². The van der Waals surface area contributed by atoms with Crippen LogP contribution in [0.25, 0.3) is 0 Å². The van der Waals surface area contributed by atoms with Crippen LogP contribution in [0.2, 0.25) is 5.15 Å². The van der Waals surface area contributed by atoms with E-state index in [1.807, 2.05) is 0 Å². The van der Waals surface area contributed by atoms with E-state index in [1.165, 1.54) is 12.1 Å². The van der Waals surface area contributed by atoms with Crippen LogP contribution in [0.3, 0.4) is 0 Å². The minimum atomic E-state index is -1.13. The molecule has 0 unspecified atom stereocenters. The molecule has 4 N–H and O–H groups in total. The molecule has 0 aliphatic rings. The summed E-state index contributed by atoms with van der Waals surface area (Å²) < 4.78 is 0. The van der Waals surface area contributed by atoms with E-state index in [1.54, 1.807) is 0 Å². The number of halogens is 1. The first-order chi connectivity index (χ1) is 7.56. The van der Waals surface area contributed by atoms with Crippen LogP contribution in [0.4, 0.5) is 5.82 Å². The summed E-state index contributed by atoms with van der Waals surface area (Å²) in [5, 5.41) is 29.1. The van der Waals surface area contributed by atoms with Crippen molar-refractivity contribution in [3.8, 4) is 0 Å². The molecular weight excluding hydrogens is 236 g/mol.